The van der Waals surface area contributed by atoms with E-state index in [9.17, 15) is 9.59 Å². The molecule has 1 heterocycles. The van der Waals surface area contributed by atoms with Crippen LogP contribution in [0.15, 0.2) is 16.9 Å². The molecular formula is C14H21N3O2S. The van der Waals surface area contributed by atoms with Gasteiger partial charge in [0.05, 0.1) is 5.56 Å². The van der Waals surface area contributed by atoms with E-state index >= 15 is 0 Å². The van der Waals surface area contributed by atoms with Crippen molar-refractivity contribution in [1.29, 1.82) is 0 Å². The fourth-order valence-corrected chi connectivity index (χ4v) is 1.91. The zero-order chi connectivity index (χ0) is 15.3. The summed E-state index contributed by atoms with van der Waals surface area (Å²) in [6.45, 7) is 6.55. The van der Waals surface area contributed by atoms with Crippen molar-refractivity contribution in [3.63, 3.8) is 0 Å². The van der Waals surface area contributed by atoms with Crippen molar-refractivity contribution < 1.29 is 4.79 Å². The molecule has 0 aromatic carbocycles. The number of aromatic nitrogens is 1. The smallest absolute Gasteiger partial charge is 0.261 e. The van der Waals surface area contributed by atoms with Crippen molar-refractivity contribution in [3.8, 4) is 0 Å². The molecule has 0 saturated heterocycles. The van der Waals surface area contributed by atoms with E-state index in [0.717, 1.165) is 6.42 Å². The first kappa shape index (κ1) is 16.4. The monoisotopic (exact) mass is 295 g/mol. The highest BCUT2D eigenvalue weighted by atomic mass is 32.1. The molecule has 0 unspecified atom stereocenters. The summed E-state index contributed by atoms with van der Waals surface area (Å²) in [7, 11) is 0. The Kier molecular flexibility index (Phi) is 5.88. The molecule has 0 aliphatic rings. The summed E-state index contributed by atoms with van der Waals surface area (Å²) < 4.78 is 1.39. The van der Waals surface area contributed by atoms with E-state index < -0.39 is 0 Å². The molecule has 1 rings (SSSR count). The van der Waals surface area contributed by atoms with Crippen LogP contribution in [-0.2, 0) is 11.3 Å². The van der Waals surface area contributed by atoms with Crippen molar-refractivity contribution in [3.05, 3.63) is 33.7 Å². The average molecular weight is 295 g/mol. The van der Waals surface area contributed by atoms with E-state index in [2.05, 4.69) is 19.2 Å². The van der Waals surface area contributed by atoms with Crippen molar-refractivity contribution in [2.24, 2.45) is 11.7 Å². The van der Waals surface area contributed by atoms with Gasteiger partial charge in [-0.3, -0.25) is 9.59 Å². The number of thiocarbonyl (C=S) groups is 1. The number of carbonyl (C=O) groups is 1. The molecule has 1 amide bonds. The number of hydrogen-bond donors (Lipinski definition) is 2. The Balaban J connectivity index is 2.82. The molecule has 5 nitrogen and oxygen atoms in total. The summed E-state index contributed by atoms with van der Waals surface area (Å²) >= 11 is 4.83. The van der Waals surface area contributed by atoms with E-state index in [0.29, 0.717) is 18.2 Å². The lowest BCUT2D eigenvalue weighted by Gasteiger charge is -2.12. The number of rotatable bonds is 6. The Morgan fingerprint density at radius 3 is 2.65 bits per heavy atom. The van der Waals surface area contributed by atoms with Crippen LogP contribution in [-0.4, -0.2) is 22.0 Å². The molecule has 0 aliphatic heterocycles. The van der Waals surface area contributed by atoms with Crippen LogP contribution in [0.4, 0.5) is 0 Å². The molecule has 0 fully saturated rings. The number of pyridine rings is 1. The molecule has 0 aliphatic carbocycles. The summed E-state index contributed by atoms with van der Waals surface area (Å²) in [5, 5.41) is 2.80. The average Bonchev–Trinajstić information content (AvgIpc) is 2.33. The van der Waals surface area contributed by atoms with E-state index in [1.807, 2.05) is 0 Å². The quantitative estimate of drug-likeness (QED) is 0.766. The summed E-state index contributed by atoms with van der Waals surface area (Å²) in [6.07, 6.45) is 0.909. The van der Waals surface area contributed by atoms with Crippen molar-refractivity contribution in [1.82, 2.24) is 9.88 Å². The maximum Gasteiger partial charge on any atom is 0.261 e. The van der Waals surface area contributed by atoms with E-state index in [4.69, 9.17) is 18.0 Å². The molecule has 0 radical (unpaired) electrons. The lowest BCUT2D eigenvalue weighted by atomic mass is 10.1. The molecule has 0 spiro atoms. The number of carbonyl (C=O) groups excluding carboxylic acids is 1. The highest BCUT2D eigenvalue weighted by molar-refractivity contribution is 7.80. The van der Waals surface area contributed by atoms with Crippen LogP contribution >= 0.6 is 12.2 Å². The Bertz CT molecular complexity index is 564. The first-order valence-corrected chi connectivity index (χ1v) is 7.00. The zero-order valence-electron chi connectivity index (χ0n) is 12.1. The Morgan fingerprint density at radius 2 is 2.10 bits per heavy atom. The van der Waals surface area contributed by atoms with Gasteiger partial charge in [0, 0.05) is 12.2 Å². The highest BCUT2D eigenvalue weighted by Gasteiger charge is 2.11. The zero-order valence-corrected chi connectivity index (χ0v) is 12.9. The lowest BCUT2D eigenvalue weighted by Crippen LogP contribution is -2.36. The summed E-state index contributed by atoms with van der Waals surface area (Å²) in [5.41, 5.74) is 6.14. The largest absolute Gasteiger partial charge is 0.389 e. The normalized spacial score (nSPS) is 10.6. The third-order valence-electron chi connectivity index (χ3n) is 3.00. The minimum Gasteiger partial charge on any atom is -0.389 e. The maximum atomic E-state index is 12.2. The Hall–Kier alpha value is -1.69. The molecule has 1 aromatic rings. The summed E-state index contributed by atoms with van der Waals surface area (Å²) in [6, 6.07) is 3.32. The van der Waals surface area contributed by atoms with Crippen molar-refractivity contribution >= 4 is 23.1 Å². The van der Waals surface area contributed by atoms with Crippen molar-refractivity contribution in [2.45, 2.75) is 33.7 Å². The standard InChI is InChI=1S/C14H21N3O2S/c1-9(2)6-7-16-12(18)8-17-10(3)4-5-11(13(15)20)14(17)19/h4-5,9H,6-8H2,1-3H3,(H2,15,20)(H,16,18). The van der Waals surface area contributed by atoms with Gasteiger partial charge in [0.1, 0.15) is 11.5 Å². The summed E-state index contributed by atoms with van der Waals surface area (Å²) in [5.74, 6) is 0.341. The Labute approximate surface area is 124 Å². The van der Waals surface area contributed by atoms with Gasteiger partial charge in [-0.2, -0.15) is 0 Å². The molecular weight excluding hydrogens is 274 g/mol. The fraction of sp³-hybridized carbons (Fsp3) is 0.500. The lowest BCUT2D eigenvalue weighted by molar-refractivity contribution is -0.121. The van der Waals surface area contributed by atoms with Crippen LogP contribution < -0.4 is 16.6 Å². The minimum atomic E-state index is -0.323. The van der Waals surface area contributed by atoms with E-state index in [1.54, 1.807) is 19.1 Å². The molecule has 0 atom stereocenters. The fourth-order valence-electron chi connectivity index (χ4n) is 1.75. The van der Waals surface area contributed by atoms with Crippen LogP contribution in [0.3, 0.4) is 0 Å². The van der Waals surface area contributed by atoms with Gasteiger partial charge in [0.2, 0.25) is 5.91 Å². The van der Waals surface area contributed by atoms with E-state index in [1.165, 1.54) is 4.57 Å². The van der Waals surface area contributed by atoms with Gasteiger partial charge in [-0.25, -0.2) is 0 Å². The van der Waals surface area contributed by atoms with Gasteiger partial charge >= 0.3 is 0 Å². The van der Waals surface area contributed by atoms with Gasteiger partial charge < -0.3 is 15.6 Å². The van der Waals surface area contributed by atoms with Crippen molar-refractivity contribution in [2.75, 3.05) is 6.54 Å². The topological polar surface area (TPSA) is 77.1 Å². The molecule has 1 aromatic heterocycles. The van der Waals surface area contributed by atoms with Crippen LogP contribution in [0.2, 0.25) is 0 Å². The maximum absolute atomic E-state index is 12.2. The molecule has 110 valence electrons. The third-order valence-corrected chi connectivity index (χ3v) is 3.22. The van der Waals surface area contributed by atoms with Crippen LogP contribution in [0.1, 0.15) is 31.5 Å². The second-order valence-electron chi connectivity index (χ2n) is 5.18. The molecule has 3 N–H and O–H groups in total. The number of hydrogen-bond acceptors (Lipinski definition) is 3. The Morgan fingerprint density at radius 1 is 1.45 bits per heavy atom. The first-order chi connectivity index (χ1) is 9.32. The molecule has 20 heavy (non-hydrogen) atoms. The predicted molar refractivity (Wildman–Crippen MR) is 83.8 cm³/mol. The van der Waals surface area contributed by atoms with Gasteiger partial charge in [-0.15, -0.1) is 0 Å². The van der Waals surface area contributed by atoms with Crippen LogP contribution in [0, 0.1) is 12.8 Å². The summed E-state index contributed by atoms with van der Waals surface area (Å²) in [4.78, 5) is 24.1. The molecule has 0 bridgehead atoms. The SMILES string of the molecule is Cc1ccc(C(N)=S)c(=O)n1CC(=O)NCCC(C)C. The number of amides is 1. The van der Waals surface area contributed by atoms with Gasteiger partial charge in [-0.05, 0) is 31.4 Å². The van der Waals surface area contributed by atoms with Crippen LogP contribution in [0.25, 0.3) is 0 Å². The number of nitrogens with one attached hydrogen (secondary N) is 1. The minimum absolute atomic E-state index is 0.0147. The number of nitrogens with zero attached hydrogens (tertiary/aromatic N) is 1. The molecule has 6 heteroatoms. The van der Waals surface area contributed by atoms with Gasteiger partial charge in [-0.1, -0.05) is 26.1 Å². The van der Waals surface area contributed by atoms with Gasteiger partial charge in [0.25, 0.3) is 5.56 Å². The second kappa shape index (κ2) is 7.19. The van der Waals surface area contributed by atoms with Crippen LogP contribution in [0.5, 0.6) is 0 Å². The number of nitrogens with two attached hydrogens (primary N) is 1. The highest BCUT2D eigenvalue weighted by Crippen LogP contribution is 2.00. The van der Waals surface area contributed by atoms with Gasteiger partial charge in [0.15, 0.2) is 0 Å². The first-order valence-electron chi connectivity index (χ1n) is 6.60. The third kappa shape index (κ3) is 4.45. The number of aryl methyl sites for hydroxylation is 1. The van der Waals surface area contributed by atoms with E-state index in [-0.39, 0.29) is 28.6 Å². The second-order valence-corrected chi connectivity index (χ2v) is 5.62. The molecule has 0 saturated carbocycles. The predicted octanol–water partition coefficient (Wildman–Crippen LogP) is 0.953.